The van der Waals surface area contributed by atoms with Crippen molar-refractivity contribution in [1.29, 1.82) is 0 Å². The minimum atomic E-state index is 0.863. The average Bonchev–Trinajstić information content (AvgIpc) is 2.69. The summed E-state index contributed by atoms with van der Waals surface area (Å²) in [6, 6.07) is 0. The maximum atomic E-state index is 2.54. The Morgan fingerprint density at radius 1 is 0.448 bits per heavy atom. The zero-order valence-electron chi connectivity index (χ0n) is 21.7. The molecule has 0 aliphatic carbocycles. The molecule has 0 aliphatic heterocycles. The molecule has 0 fully saturated rings. The highest BCUT2D eigenvalue weighted by atomic mass is 14.2. The molecule has 0 aromatic rings. The molecule has 0 rings (SSSR count). The number of hydrogen-bond acceptors (Lipinski definition) is 0. The molecule has 0 heteroatoms. The number of unbranched alkanes of at least 4 members (excludes halogenated alkanes) is 11. The van der Waals surface area contributed by atoms with Gasteiger partial charge in [-0.05, 0) is 30.1 Å². The fourth-order valence-electron chi connectivity index (χ4n) is 5.03. The highest BCUT2D eigenvalue weighted by Gasteiger charge is 2.17. The smallest absolute Gasteiger partial charge is 0.0386 e. The van der Waals surface area contributed by atoms with Crippen LogP contribution in [0.4, 0.5) is 0 Å². The van der Waals surface area contributed by atoms with E-state index < -0.39 is 0 Å². The van der Waals surface area contributed by atoms with Gasteiger partial charge in [0.15, 0.2) is 0 Å². The Hall–Kier alpha value is 0. The quantitative estimate of drug-likeness (QED) is 0.156. The lowest BCUT2D eigenvalue weighted by molar-refractivity contribution is 0.257. The number of rotatable bonds is 22. The molecule has 0 radical (unpaired) electrons. The van der Waals surface area contributed by atoms with Crippen LogP contribution in [0.2, 0.25) is 0 Å². The van der Waals surface area contributed by atoms with Gasteiger partial charge in [0.1, 0.15) is 0 Å². The van der Waals surface area contributed by atoms with E-state index in [1.165, 1.54) is 122 Å². The predicted molar refractivity (Wildman–Crippen MR) is 136 cm³/mol. The van der Waals surface area contributed by atoms with Crippen molar-refractivity contribution in [1.82, 2.24) is 0 Å². The van der Waals surface area contributed by atoms with E-state index in [2.05, 4.69) is 41.5 Å². The summed E-state index contributed by atoms with van der Waals surface area (Å²) in [4.78, 5) is 0. The summed E-state index contributed by atoms with van der Waals surface area (Å²) in [6.45, 7) is 14.5. The van der Waals surface area contributed by atoms with Crippen LogP contribution in [-0.2, 0) is 0 Å². The third kappa shape index (κ3) is 19.7. The van der Waals surface area contributed by atoms with Crippen molar-refractivity contribution in [3.8, 4) is 0 Å². The van der Waals surface area contributed by atoms with Crippen LogP contribution in [-0.4, -0.2) is 0 Å². The summed E-state index contributed by atoms with van der Waals surface area (Å²) in [7, 11) is 0. The Bertz CT molecular complexity index is 305. The van der Waals surface area contributed by atoms with Crippen LogP contribution in [0.5, 0.6) is 0 Å². The van der Waals surface area contributed by atoms with Gasteiger partial charge in [0.25, 0.3) is 0 Å². The molecular weight excluding hydrogens is 348 g/mol. The van der Waals surface area contributed by atoms with E-state index in [0.29, 0.717) is 0 Å². The number of hydrogen-bond donors (Lipinski definition) is 0. The fraction of sp³-hybridized carbons (Fsp3) is 1.00. The van der Waals surface area contributed by atoms with Gasteiger partial charge < -0.3 is 0 Å². The van der Waals surface area contributed by atoms with Crippen molar-refractivity contribution in [3.05, 3.63) is 0 Å². The lowest BCUT2D eigenvalue weighted by Crippen LogP contribution is -2.14. The van der Waals surface area contributed by atoms with Crippen molar-refractivity contribution in [3.63, 3.8) is 0 Å². The lowest BCUT2D eigenvalue weighted by Gasteiger charge is -2.25. The molecule has 0 saturated carbocycles. The summed E-state index contributed by atoms with van der Waals surface area (Å²) >= 11 is 0. The Labute approximate surface area is 187 Å². The molecule has 0 saturated heterocycles. The van der Waals surface area contributed by atoms with Crippen LogP contribution in [0.15, 0.2) is 0 Å². The van der Waals surface area contributed by atoms with E-state index in [1.54, 1.807) is 0 Å². The van der Waals surface area contributed by atoms with Crippen LogP contribution in [0.1, 0.15) is 164 Å². The van der Waals surface area contributed by atoms with Crippen LogP contribution in [0.25, 0.3) is 0 Å². The second-order valence-corrected chi connectivity index (χ2v) is 10.9. The van der Waals surface area contributed by atoms with Crippen LogP contribution < -0.4 is 0 Å². The van der Waals surface area contributed by atoms with E-state index in [4.69, 9.17) is 0 Å². The topological polar surface area (TPSA) is 0 Å². The highest BCUT2D eigenvalue weighted by molar-refractivity contribution is 4.69. The van der Waals surface area contributed by atoms with Crippen molar-refractivity contribution in [2.45, 2.75) is 164 Å². The molecule has 0 heterocycles. The molecule has 0 spiro atoms. The van der Waals surface area contributed by atoms with Crippen LogP contribution in [0.3, 0.4) is 0 Å². The molecule has 0 N–H and O–H groups in total. The molecular formula is C29H60. The largest absolute Gasteiger partial charge is 0.0654 e. The summed E-state index contributed by atoms with van der Waals surface area (Å²) in [6.07, 6.45) is 27.6. The third-order valence-electron chi connectivity index (χ3n) is 7.16. The van der Waals surface area contributed by atoms with Gasteiger partial charge in [-0.15, -0.1) is 0 Å². The van der Waals surface area contributed by atoms with E-state index in [0.717, 1.165) is 23.7 Å². The van der Waals surface area contributed by atoms with Crippen molar-refractivity contribution in [2.75, 3.05) is 0 Å². The molecule has 3 unspecified atom stereocenters. The van der Waals surface area contributed by atoms with Gasteiger partial charge in [0.2, 0.25) is 0 Å². The first-order chi connectivity index (χ1) is 14.0. The Morgan fingerprint density at radius 3 is 1.38 bits per heavy atom. The molecule has 3 atom stereocenters. The highest BCUT2D eigenvalue weighted by Crippen LogP contribution is 2.29. The molecule has 176 valence electrons. The first kappa shape index (κ1) is 29.0. The Balaban J connectivity index is 3.58. The molecule has 0 aromatic heterocycles. The molecule has 0 amide bonds. The van der Waals surface area contributed by atoms with Crippen LogP contribution in [0, 0.1) is 23.7 Å². The van der Waals surface area contributed by atoms with Crippen molar-refractivity contribution in [2.24, 2.45) is 23.7 Å². The second kappa shape index (κ2) is 21.2. The maximum Gasteiger partial charge on any atom is -0.0386 e. The molecule has 0 bridgehead atoms. The predicted octanol–water partition coefficient (Wildman–Crippen LogP) is 11.0. The molecule has 0 aromatic carbocycles. The first-order valence-corrected chi connectivity index (χ1v) is 14.0. The fourth-order valence-corrected chi connectivity index (χ4v) is 5.03. The van der Waals surface area contributed by atoms with Crippen molar-refractivity contribution < 1.29 is 0 Å². The Kier molecular flexibility index (Phi) is 21.2. The zero-order valence-corrected chi connectivity index (χ0v) is 21.7. The standard InChI is InChI=1S/C29H60/c1-7-9-11-12-13-15-18-21-27(5)22-19-16-14-17-20-23-28(6)29(24-10-8-2)25-26(3)4/h26-29H,7-25H2,1-6H3. The van der Waals surface area contributed by atoms with Gasteiger partial charge >= 0.3 is 0 Å². The normalized spacial score (nSPS) is 15.0. The minimum Gasteiger partial charge on any atom is -0.0654 e. The summed E-state index contributed by atoms with van der Waals surface area (Å²) in [5, 5.41) is 0. The van der Waals surface area contributed by atoms with Crippen LogP contribution >= 0.6 is 0 Å². The average molecular weight is 409 g/mol. The monoisotopic (exact) mass is 408 g/mol. The zero-order chi connectivity index (χ0) is 21.7. The molecule has 0 aliphatic rings. The van der Waals surface area contributed by atoms with E-state index in [-0.39, 0.29) is 0 Å². The van der Waals surface area contributed by atoms with E-state index in [1.807, 2.05) is 0 Å². The maximum absolute atomic E-state index is 2.54. The molecule has 29 heavy (non-hydrogen) atoms. The summed E-state index contributed by atoms with van der Waals surface area (Å²) < 4.78 is 0. The third-order valence-corrected chi connectivity index (χ3v) is 7.16. The first-order valence-electron chi connectivity index (χ1n) is 14.0. The van der Waals surface area contributed by atoms with Gasteiger partial charge in [-0.1, -0.05) is 157 Å². The van der Waals surface area contributed by atoms with Gasteiger partial charge in [0.05, 0.1) is 0 Å². The Morgan fingerprint density at radius 2 is 0.897 bits per heavy atom. The van der Waals surface area contributed by atoms with E-state index >= 15 is 0 Å². The SMILES string of the molecule is CCCCCCCCCC(C)CCCCCCCC(C)C(CCCC)CC(C)C. The summed E-state index contributed by atoms with van der Waals surface area (Å²) in [5.41, 5.74) is 0. The van der Waals surface area contributed by atoms with Gasteiger partial charge in [-0.2, -0.15) is 0 Å². The summed E-state index contributed by atoms with van der Waals surface area (Å²) in [5.74, 6) is 3.73. The van der Waals surface area contributed by atoms with E-state index in [9.17, 15) is 0 Å². The minimum absolute atomic E-state index is 0.863. The van der Waals surface area contributed by atoms with Gasteiger partial charge in [-0.25, -0.2) is 0 Å². The lowest BCUT2D eigenvalue weighted by atomic mass is 9.80. The van der Waals surface area contributed by atoms with Gasteiger partial charge in [0, 0.05) is 0 Å². The molecule has 0 nitrogen and oxygen atoms in total. The second-order valence-electron chi connectivity index (χ2n) is 10.9. The van der Waals surface area contributed by atoms with Crippen molar-refractivity contribution >= 4 is 0 Å². The van der Waals surface area contributed by atoms with Gasteiger partial charge in [-0.3, -0.25) is 0 Å².